The van der Waals surface area contributed by atoms with E-state index in [1.54, 1.807) is 18.2 Å². The van der Waals surface area contributed by atoms with Gasteiger partial charge in [0.25, 0.3) is 0 Å². The van der Waals surface area contributed by atoms with Crippen LogP contribution in [0.25, 0.3) is 33.4 Å². The van der Waals surface area contributed by atoms with Crippen molar-refractivity contribution in [3.8, 4) is 44.9 Å². The summed E-state index contributed by atoms with van der Waals surface area (Å²) in [5.74, 6) is 0.514. The molecule has 0 aliphatic carbocycles. The smallest absolute Gasteiger partial charge is 0.395 e. The van der Waals surface area contributed by atoms with E-state index in [0.29, 0.717) is 5.56 Å². The quantitative estimate of drug-likeness (QED) is 0.239. The van der Waals surface area contributed by atoms with Gasteiger partial charge in [-0.15, -0.1) is 0 Å². The summed E-state index contributed by atoms with van der Waals surface area (Å²) < 4.78 is 23.9. The second-order valence-electron chi connectivity index (χ2n) is 7.98. The molecule has 0 amide bonds. The van der Waals surface area contributed by atoms with Crippen molar-refractivity contribution in [2.75, 3.05) is 0 Å². The lowest BCUT2D eigenvalue weighted by Gasteiger charge is -2.17. The molecule has 0 fully saturated rings. The van der Waals surface area contributed by atoms with Crippen LogP contribution in [0.2, 0.25) is 0 Å². The van der Waals surface area contributed by atoms with Crippen molar-refractivity contribution in [2.24, 2.45) is 0 Å². The van der Waals surface area contributed by atoms with Gasteiger partial charge in [-0.25, -0.2) is 4.57 Å². The van der Waals surface area contributed by atoms with E-state index in [0.717, 1.165) is 27.8 Å². The summed E-state index contributed by atoms with van der Waals surface area (Å²) in [5.41, 5.74) is 5.61. The molecule has 0 aliphatic heterocycles. The van der Waals surface area contributed by atoms with Crippen molar-refractivity contribution in [1.29, 1.82) is 0 Å². The maximum atomic E-state index is 13.0. The van der Waals surface area contributed by atoms with Crippen molar-refractivity contribution in [1.82, 2.24) is 0 Å². The molecule has 0 spiro atoms. The van der Waals surface area contributed by atoms with E-state index in [2.05, 4.69) is 0 Å². The highest BCUT2D eigenvalue weighted by molar-refractivity contribution is 7.48. The van der Waals surface area contributed by atoms with Crippen LogP contribution in [0.3, 0.4) is 0 Å². The Morgan fingerprint density at radius 1 is 0.486 bits per heavy atom. The topological polar surface area (TPSA) is 55.8 Å². The van der Waals surface area contributed by atoms with Gasteiger partial charge in [0, 0.05) is 5.56 Å². The highest BCUT2D eigenvalue weighted by atomic mass is 31.2. The van der Waals surface area contributed by atoms with Crippen LogP contribution in [0.15, 0.2) is 133 Å². The minimum atomic E-state index is -4.46. The first-order valence-corrected chi connectivity index (χ1v) is 12.7. The molecule has 0 aromatic heterocycles. The molecule has 0 heterocycles. The van der Waals surface area contributed by atoms with Crippen molar-refractivity contribution >= 4 is 7.82 Å². The number of phosphoric acid groups is 1. The third kappa shape index (κ3) is 5.52. The predicted molar refractivity (Wildman–Crippen MR) is 140 cm³/mol. The highest BCUT2D eigenvalue weighted by Crippen LogP contribution is 2.48. The monoisotopic (exact) mass is 478 g/mol. The number of benzene rings is 5. The Morgan fingerprint density at radius 3 is 1.51 bits per heavy atom. The van der Waals surface area contributed by atoms with E-state index in [4.69, 9.17) is 9.05 Å². The molecule has 0 bridgehead atoms. The van der Waals surface area contributed by atoms with E-state index in [-0.39, 0.29) is 11.5 Å². The Hall–Kier alpha value is -4.11. The molecule has 5 rings (SSSR count). The van der Waals surface area contributed by atoms with Crippen molar-refractivity contribution < 1.29 is 18.5 Å². The van der Waals surface area contributed by atoms with Gasteiger partial charge in [-0.1, -0.05) is 109 Å². The normalized spacial score (nSPS) is 12.5. The van der Waals surface area contributed by atoms with Crippen molar-refractivity contribution in [2.45, 2.75) is 0 Å². The zero-order valence-electron chi connectivity index (χ0n) is 18.8. The molecule has 1 N–H and O–H groups in total. The third-order valence-electron chi connectivity index (χ3n) is 5.57. The van der Waals surface area contributed by atoms with Crippen LogP contribution < -0.4 is 9.05 Å². The molecule has 1 atom stereocenters. The predicted octanol–water partition coefficient (Wildman–Crippen LogP) is 8.25. The SMILES string of the molecule is O=P(O)(Oc1ccc(-c2ccccc2)cc1)Oc1ccc(-c2ccccc2)cc1-c1ccccc1. The van der Waals surface area contributed by atoms with Crippen LogP contribution in [0, 0.1) is 0 Å². The molecule has 0 radical (unpaired) electrons. The van der Waals surface area contributed by atoms with Crippen LogP contribution in [0.5, 0.6) is 11.5 Å². The molecular formula is C30H23O4P. The summed E-state index contributed by atoms with van der Waals surface area (Å²) >= 11 is 0. The Labute approximate surface area is 204 Å². The molecule has 4 nitrogen and oxygen atoms in total. The zero-order valence-corrected chi connectivity index (χ0v) is 19.7. The fourth-order valence-corrected chi connectivity index (χ4v) is 4.71. The third-order valence-corrected chi connectivity index (χ3v) is 6.44. The molecular weight excluding hydrogens is 455 g/mol. The van der Waals surface area contributed by atoms with E-state index in [9.17, 15) is 9.46 Å². The van der Waals surface area contributed by atoms with Gasteiger partial charge in [0.2, 0.25) is 0 Å². The number of phosphoric ester groups is 1. The zero-order chi connectivity index (χ0) is 24.1. The van der Waals surface area contributed by atoms with Gasteiger partial charge in [-0.2, -0.15) is 0 Å². The minimum absolute atomic E-state index is 0.248. The standard InChI is InChI=1S/C30H23O4P/c31-35(32,33-28-19-16-25(17-20-28)23-10-4-1-5-11-23)34-30-21-18-27(24-12-6-2-7-13-24)22-29(30)26-14-8-3-9-15-26/h1-22H,(H,31,32). The van der Waals surface area contributed by atoms with Crippen molar-refractivity contribution in [3.63, 3.8) is 0 Å². The van der Waals surface area contributed by atoms with Gasteiger partial charge in [0.05, 0.1) is 0 Å². The molecule has 1 unspecified atom stereocenters. The maximum Gasteiger partial charge on any atom is 0.584 e. The van der Waals surface area contributed by atoms with Crippen LogP contribution >= 0.6 is 7.82 Å². The largest absolute Gasteiger partial charge is 0.584 e. The van der Waals surface area contributed by atoms with Crippen LogP contribution in [-0.4, -0.2) is 4.89 Å². The summed E-state index contributed by atoms with van der Waals surface area (Å²) in [6, 6.07) is 42.0. The first kappa shape index (κ1) is 22.7. The summed E-state index contributed by atoms with van der Waals surface area (Å²) in [4.78, 5) is 10.6. The van der Waals surface area contributed by atoms with E-state index in [1.807, 2.05) is 115 Å². The Bertz CT molecular complexity index is 1450. The summed E-state index contributed by atoms with van der Waals surface area (Å²) in [5, 5.41) is 0. The number of hydrogen-bond acceptors (Lipinski definition) is 3. The molecule has 5 aromatic carbocycles. The van der Waals surface area contributed by atoms with Gasteiger partial charge in [-0.05, 0) is 52.1 Å². The van der Waals surface area contributed by atoms with E-state index < -0.39 is 7.82 Å². The molecule has 0 aliphatic rings. The molecule has 0 saturated carbocycles. The average molecular weight is 478 g/mol. The summed E-state index contributed by atoms with van der Waals surface area (Å²) in [6.45, 7) is 0. The van der Waals surface area contributed by atoms with E-state index >= 15 is 0 Å². The van der Waals surface area contributed by atoms with E-state index in [1.165, 1.54) is 0 Å². The molecule has 35 heavy (non-hydrogen) atoms. The van der Waals surface area contributed by atoms with Gasteiger partial charge >= 0.3 is 7.82 Å². The van der Waals surface area contributed by atoms with Crippen molar-refractivity contribution in [3.05, 3.63) is 133 Å². The second kappa shape index (κ2) is 10.0. The molecule has 172 valence electrons. The summed E-state index contributed by atoms with van der Waals surface area (Å²) in [7, 11) is -4.46. The Balaban J connectivity index is 1.42. The summed E-state index contributed by atoms with van der Waals surface area (Å²) in [6.07, 6.45) is 0. The second-order valence-corrected chi connectivity index (χ2v) is 9.29. The molecule has 5 aromatic rings. The Kier molecular flexibility index (Phi) is 6.49. The lowest BCUT2D eigenvalue weighted by Crippen LogP contribution is -2.01. The Morgan fingerprint density at radius 2 is 0.943 bits per heavy atom. The average Bonchev–Trinajstić information content (AvgIpc) is 2.90. The fraction of sp³-hybridized carbons (Fsp3) is 0. The fourth-order valence-electron chi connectivity index (χ4n) is 3.88. The van der Waals surface area contributed by atoms with Crippen LogP contribution in [-0.2, 0) is 4.57 Å². The van der Waals surface area contributed by atoms with Gasteiger partial charge in [-0.3, -0.25) is 4.89 Å². The van der Waals surface area contributed by atoms with Gasteiger partial charge in [0.15, 0.2) is 0 Å². The van der Waals surface area contributed by atoms with Crippen LogP contribution in [0.1, 0.15) is 0 Å². The number of hydrogen-bond donors (Lipinski definition) is 1. The maximum absolute atomic E-state index is 13.0. The molecule has 0 saturated heterocycles. The van der Waals surface area contributed by atoms with Gasteiger partial charge < -0.3 is 9.05 Å². The van der Waals surface area contributed by atoms with Gasteiger partial charge in [0.1, 0.15) is 11.5 Å². The molecule has 5 heteroatoms. The lowest BCUT2D eigenvalue weighted by molar-refractivity contribution is 0.291. The first-order chi connectivity index (χ1) is 17.1. The first-order valence-electron chi connectivity index (χ1n) is 11.2. The number of rotatable bonds is 7. The minimum Gasteiger partial charge on any atom is -0.395 e. The highest BCUT2D eigenvalue weighted by Gasteiger charge is 2.27. The van der Waals surface area contributed by atoms with Crippen LogP contribution in [0.4, 0.5) is 0 Å². The lowest BCUT2D eigenvalue weighted by atomic mass is 9.98.